The van der Waals surface area contributed by atoms with Crippen molar-refractivity contribution in [3.05, 3.63) is 52.8 Å². The Morgan fingerprint density at radius 2 is 1.80 bits per heavy atom. The molecule has 3 rings (SSSR count). The van der Waals surface area contributed by atoms with Crippen molar-refractivity contribution in [2.24, 2.45) is 0 Å². The SMILES string of the molecule is CC(=O)Nc1cc(C)c(S(=O)(=O)N2CCc3ccc(F)cc32)c(C)c1. The minimum atomic E-state index is -3.82. The molecule has 0 spiro atoms. The molecule has 0 unspecified atom stereocenters. The number of fused-ring (bicyclic) bond motifs is 1. The molecule has 1 heterocycles. The Balaban J connectivity index is 2.08. The molecule has 2 aromatic rings. The topological polar surface area (TPSA) is 66.5 Å². The summed E-state index contributed by atoms with van der Waals surface area (Å²) in [4.78, 5) is 11.4. The molecule has 132 valence electrons. The van der Waals surface area contributed by atoms with Crippen LogP contribution in [-0.2, 0) is 21.2 Å². The molecule has 1 aliphatic rings. The first-order valence-corrected chi connectivity index (χ1v) is 9.34. The number of amides is 1. The number of halogens is 1. The summed E-state index contributed by atoms with van der Waals surface area (Å²) in [5, 5.41) is 2.66. The molecular formula is C18H19FN2O3S. The Labute approximate surface area is 146 Å². The zero-order valence-electron chi connectivity index (χ0n) is 14.3. The summed E-state index contributed by atoms with van der Waals surface area (Å²) in [5.74, 6) is -0.686. The van der Waals surface area contributed by atoms with E-state index in [2.05, 4.69) is 5.32 Å². The van der Waals surface area contributed by atoms with Gasteiger partial charge in [-0.25, -0.2) is 12.8 Å². The molecule has 0 saturated heterocycles. The van der Waals surface area contributed by atoms with Crippen LogP contribution in [-0.4, -0.2) is 20.9 Å². The van der Waals surface area contributed by atoms with E-state index in [9.17, 15) is 17.6 Å². The van der Waals surface area contributed by atoms with E-state index in [0.717, 1.165) is 5.56 Å². The number of aryl methyl sites for hydroxylation is 2. The molecule has 0 radical (unpaired) electrons. The summed E-state index contributed by atoms with van der Waals surface area (Å²) in [6.45, 7) is 5.06. The maximum Gasteiger partial charge on any atom is 0.264 e. The van der Waals surface area contributed by atoms with Gasteiger partial charge < -0.3 is 5.32 Å². The molecule has 0 aliphatic carbocycles. The van der Waals surface area contributed by atoms with Crippen LogP contribution in [0.25, 0.3) is 0 Å². The molecule has 2 aromatic carbocycles. The number of hydrogen-bond acceptors (Lipinski definition) is 3. The Morgan fingerprint density at radius 1 is 1.16 bits per heavy atom. The fraction of sp³-hybridized carbons (Fsp3) is 0.278. The van der Waals surface area contributed by atoms with Gasteiger partial charge in [0.25, 0.3) is 10.0 Å². The lowest BCUT2D eigenvalue weighted by Crippen LogP contribution is -2.30. The second kappa shape index (κ2) is 6.15. The standard InChI is InChI=1S/C18H19FN2O3S/c1-11-8-16(20-13(3)22)9-12(2)18(11)25(23,24)21-7-6-14-4-5-15(19)10-17(14)21/h4-5,8-10H,6-7H2,1-3H3,(H,20,22). The highest BCUT2D eigenvalue weighted by Gasteiger charge is 2.33. The lowest BCUT2D eigenvalue weighted by Gasteiger charge is -2.22. The van der Waals surface area contributed by atoms with Crippen LogP contribution in [0.15, 0.2) is 35.2 Å². The van der Waals surface area contributed by atoms with Crippen LogP contribution in [0.1, 0.15) is 23.6 Å². The second-order valence-corrected chi connectivity index (χ2v) is 8.02. The summed E-state index contributed by atoms with van der Waals surface area (Å²) in [5.41, 5.74) is 2.83. The third kappa shape index (κ3) is 3.11. The van der Waals surface area contributed by atoms with Gasteiger partial charge in [0.1, 0.15) is 5.82 Å². The number of hydrogen-bond donors (Lipinski definition) is 1. The lowest BCUT2D eigenvalue weighted by molar-refractivity contribution is -0.114. The van der Waals surface area contributed by atoms with Gasteiger partial charge in [-0.3, -0.25) is 9.10 Å². The van der Waals surface area contributed by atoms with Crippen molar-refractivity contribution >= 4 is 27.3 Å². The molecule has 0 fully saturated rings. The molecule has 0 atom stereocenters. The smallest absolute Gasteiger partial charge is 0.264 e. The van der Waals surface area contributed by atoms with Gasteiger partial charge in [0, 0.05) is 19.2 Å². The van der Waals surface area contributed by atoms with Gasteiger partial charge in [-0.1, -0.05) is 6.07 Å². The van der Waals surface area contributed by atoms with E-state index in [-0.39, 0.29) is 17.3 Å². The molecule has 1 aliphatic heterocycles. The van der Waals surface area contributed by atoms with Crippen LogP contribution in [0.4, 0.5) is 15.8 Å². The molecule has 1 amide bonds. The number of nitrogens with one attached hydrogen (secondary N) is 1. The van der Waals surface area contributed by atoms with Crippen molar-refractivity contribution in [2.45, 2.75) is 32.1 Å². The van der Waals surface area contributed by atoms with E-state index in [1.807, 2.05) is 0 Å². The quantitative estimate of drug-likeness (QED) is 0.912. The zero-order chi connectivity index (χ0) is 18.4. The highest BCUT2D eigenvalue weighted by atomic mass is 32.2. The number of carbonyl (C=O) groups excluding carboxylic acids is 1. The van der Waals surface area contributed by atoms with Gasteiger partial charge in [-0.05, 0) is 61.2 Å². The fourth-order valence-corrected chi connectivity index (χ4v) is 5.23. The van der Waals surface area contributed by atoms with Gasteiger partial charge in [0.15, 0.2) is 0 Å². The van der Waals surface area contributed by atoms with E-state index in [1.165, 1.54) is 23.4 Å². The summed E-state index contributed by atoms with van der Waals surface area (Å²) in [6.07, 6.45) is 0.552. The first-order chi connectivity index (χ1) is 11.7. The third-order valence-electron chi connectivity index (χ3n) is 4.23. The Kier molecular flexibility index (Phi) is 4.28. The van der Waals surface area contributed by atoms with Crippen molar-refractivity contribution in [1.82, 2.24) is 0 Å². The maximum atomic E-state index is 13.6. The first-order valence-electron chi connectivity index (χ1n) is 7.90. The van der Waals surface area contributed by atoms with Gasteiger partial charge in [-0.15, -0.1) is 0 Å². The number of sulfonamides is 1. The highest BCUT2D eigenvalue weighted by molar-refractivity contribution is 7.93. The number of nitrogens with zero attached hydrogens (tertiary/aromatic N) is 1. The van der Waals surface area contributed by atoms with E-state index >= 15 is 0 Å². The second-order valence-electron chi connectivity index (χ2n) is 6.22. The minimum Gasteiger partial charge on any atom is -0.326 e. The summed E-state index contributed by atoms with van der Waals surface area (Å²) in [6, 6.07) is 7.48. The molecule has 0 saturated carbocycles. The lowest BCUT2D eigenvalue weighted by atomic mass is 10.1. The number of benzene rings is 2. The molecular weight excluding hydrogens is 343 g/mol. The van der Waals surface area contributed by atoms with E-state index < -0.39 is 15.8 Å². The fourth-order valence-electron chi connectivity index (χ4n) is 3.32. The Hall–Kier alpha value is -2.41. The van der Waals surface area contributed by atoms with Crippen LogP contribution in [0, 0.1) is 19.7 Å². The largest absolute Gasteiger partial charge is 0.326 e. The monoisotopic (exact) mass is 362 g/mol. The molecule has 0 bridgehead atoms. The third-order valence-corrected chi connectivity index (χ3v) is 6.35. The highest BCUT2D eigenvalue weighted by Crippen LogP contribution is 2.36. The van der Waals surface area contributed by atoms with Crippen LogP contribution in [0.5, 0.6) is 0 Å². The van der Waals surface area contributed by atoms with Gasteiger partial charge in [0.05, 0.1) is 10.6 Å². The summed E-state index contributed by atoms with van der Waals surface area (Å²) < 4.78 is 41.3. The first kappa shape index (κ1) is 17.4. The molecule has 1 N–H and O–H groups in total. The van der Waals surface area contributed by atoms with Crippen molar-refractivity contribution in [3.8, 4) is 0 Å². The normalized spacial score (nSPS) is 13.7. The van der Waals surface area contributed by atoms with Crippen molar-refractivity contribution < 1.29 is 17.6 Å². The van der Waals surface area contributed by atoms with Crippen LogP contribution in [0.3, 0.4) is 0 Å². The van der Waals surface area contributed by atoms with Crippen molar-refractivity contribution in [3.63, 3.8) is 0 Å². The molecule has 7 heteroatoms. The van der Waals surface area contributed by atoms with Crippen LogP contribution < -0.4 is 9.62 Å². The van der Waals surface area contributed by atoms with Crippen LogP contribution in [0.2, 0.25) is 0 Å². The Bertz CT molecular complexity index is 947. The summed E-state index contributed by atoms with van der Waals surface area (Å²) >= 11 is 0. The maximum absolute atomic E-state index is 13.6. The van der Waals surface area contributed by atoms with Crippen LogP contribution >= 0.6 is 0 Å². The van der Waals surface area contributed by atoms with E-state index in [0.29, 0.717) is 28.9 Å². The predicted octanol–water partition coefficient (Wildman–Crippen LogP) is 3.15. The van der Waals surface area contributed by atoms with E-state index in [1.54, 1.807) is 32.0 Å². The average molecular weight is 362 g/mol. The van der Waals surface area contributed by atoms with E-state index in [4.69, 9.17) is 0 Å². The van der Waals surface area contributed by atoms with Crippen molar-refractivity contribution in [2.75, 3.05) is 16.2 Å². The molecule has 5 nitrogen and oxygen atoms in total. The molecule has 25 heavy (non-hydrogen) atoms. The number of carbonyl (C=O) groups is 1. The van der Waals surface area contributed by atoms with Crippen molar-refractivity contribution in [1.29, 1.82) is 0 Å². The Morgan fingerprint density at radius 3 is 2.40 bits per heavy atom. The molecule has 0 aromatic heterocycles. The zero-order valence-corrected chi connectivity index (χ0v) is 15.1. The minimum absolute atomic E-state index is 0.193. The predicted molar refractivity (Wildman–Crippen MR) is 94.9 cm³/mol. The summed E-state index contributed by atoms with van der Waals surface area (Å²) in [7, 11) is -3.82. The number of rotatable bonds is 3. The van der Waals surface area contributed by atoms with Gasteiger partial charge in [-0.2, -0.15) is 0 Å². The number of anilines is 2. The average Bonchev–Trinajstić information content (AvgIpc) is 2.88. The van der Waals surface area contributed by atoms with Gasteiger partial charge >= 0.3 is 0 Å². The van der Waals surface area contributed by atoms with Gasteiger partial charge in [0.2, 0.25) is 5.91 Å².